The van der Waals surface area contributed by atoms with Crippen molar-refractivity contribution in [3.63, 3.8) is 0 Å². The second-order valence-corrected chi connectivity index (χ2v) is 5.08. The van der Waals surface area contributed by atoms with Crippen molar-refractivity contribution in [2.24, 2.45) is 0 Å². The number of allylic oxidation sites excluding steroid dienone is 1. The number of esters is 1. The molecule has 2 N–H and O–H groups in total. The first-order valence-corrected chi connectivity index (χ1v) is 7.49. The molecule has 0 fully saturated rings. The van der Waals surface area contributed by atoms with Gasteiger partial charge in [0, 0.05) is 11.1 Å². The first-order valence-electron chi connectivity index (χ1n) is 7.49. The molecule has 0 aromatic rings. The SMILES string of the molecule is C=C(CCCOC(=O)C(C=C(C)C(=O)O)=CCCCC)C(=O)O. The molecule has 0 heterocycles. The van der Waals surface area contributed by atoms with Crippen LogP contribution >= 0.6 is 0 Å². The van der Waals surface area contributed by atoms with Crippen molar-refractivity contribution >= 4 is 17.9 Å². The summed E-state index contributed by atoms with van der Waals surface area (Å²) in [5.41, 5.74) is 0.306. The minimum atomic E-state index is -1.10. The smallest absolute Gasteiger partial charge is 0.337 e. The molecule has 0 aliphatic heterocycles. The maximum Gasteiger partial charge on any atom is 0.337 e. The second-order valence-electron chi connectivity index (χ2n) is 5.08. The summed E-state index contributed by atoms with van der Waals surface area (Å²) in [5.74, 6) is -2.78. The van der Waals surface area contributed by atoms with Crippen LogP contribution in [0.3, 0.4) is 0 Å². The van der Waals surface area contributed by atoms with Crippen molar-refractivity contribution in [3.8, 4) is 0 Å². The molecule has 0 aliphatic carbocycles. The van der Waals surface area contributed by atoms with Crippen LogP contribution in [0.1, 0.15) is 46.0 Å². The lowest BCUT2D eigenvalue weighted by Gasteiger charge is -2.06. The van der Waals surface area contributed by atoms with Crippen LogP contribution in [0, 0.1) is 0 Å². The molecule has 0 spiro atoms. The predicted octanol–water partition coefficient (Wildman–Crippen LogP) is 3.10. The summed E-state index contributed by atoms with van der Waals surface area (Å²) in [5, 5.41) is 17.6. The van der Waals surface area contributed by atoms with E-state index in [4.69, 9.17) is 14.9 Å². The van der Waals surface area contributed by atoms with E-state index in [1.165, 1.54) is 13.0 Å². The monoisotopic (exact) mass is 324 g/mol. The average molecular weight is 324 g/mol. The molecule has 0 aliphatic rings. The topological polar surface area (TPSA) is 101 Å². The van der Waals surface area contributed by atoms with Gasteiger partial charge in [0.05, 0.1) is 12.2 Å². The van der Waals surface area contributed by atoms with Crippen LogP contribution in [-0.2, 0) is 19.1 Å². The Hall–Kier alpha value is -2.37. The van der Waals surface area contributed by atoms with Crippen LogP contribution < -0.4 is 0 Å². The quantitative estimate of drug-likeness (QED) is 0.262. The molecule has 6 heteroatoms. The van der Waals surface area contributed by atoms with E-state index < -0.39 is 17.9 Å². The Morgan fingerprint density at radius 1 is 1.13 bits per heavy atom. The van der Waals surface area contributed by atoms with E-state index in [9.17, 15) is 14.4 Å². The molecular weight excluding hydrogens is 300 g/mol. The van der Waals surface area contributed by atoms with Crippen LogP contribution in [0.5, 0.6) is 0 Å². The van der Waals surface area contributed by atoms with Gasteiger partial charge in [0.25, 0.3) is 0 Å². The van der Waals surface area contributed by atoms with Crippen LogP contribution in [0.15, 0.2) is 35.5 Å². The number of rotatable bonds is 11. The predicted molar refractivity (Wildman–Crippen MR) is 86.0 cm³/mol. The number of aliphatic carboxylic acids is 2. The van der Waals surface area contributed by atoms with E-state index in [0.29, 0.717) is 12.8 Å². The highest BCUT2D eigenvalue weighted by atomic mass is 16.5. The fourth-order valence-corrected chi connectivity index (χ4v) is 1.60. The number of hydrogen-bond donors (Lipinski definition) is 2. The lowest BCUT2D eigenvalue weighted by Crippen LogP contribution is -2.10. The van der Waals surface area contributed by atoms with Crippen molar-refractivity contribution in [1.29, 1.82) is 0 Å². The highest BCUT2D eigenvalue weighted by Gasteiger charge is 2.11. The van der Waals surface area contributed by atoms with Crippen LogP contribution in [0.2, 0.25) is 0 Å². The Morgan fingerprint density at radius 2 is 1.78 bits per heavy atom. The first kappa shape index (κ1) is 20.6. The van der Waals surface area contributed by atoms with Crippen molar-refractivity contribution in [3.05, 3.63) is 35.5 Å². The number of carboxylic acids is 2. The molecule has 6 nitrogen and oxygen atoms in total. The number of unbranched alkanes of at least 4 members (excludes halogenated alkanes) is 2. The second kappa shape index (κ2) is 11.2. The molecule has 0 saturated heterocycles. The van der Waals surface area contributed by atoms with Crippen molar-refractivity contribution in [2.75, 3.05) is 6.61 Å². The van der Waals surface area contributed by atoms with Crippen LogP contribution in [0.4, 0.5) is 0 Å². The van der Waals surface area contributed by atoms with Gasteiger partial charge in [0.2, 0.25) is 0 Å². The maximum atomic E-state index is 12.0. The summed E-state index contributed by atoms with van der Waals surface area (Å²) in [6, 6.07) is 0. The van der Waals surface area contributed by atoms with Gasteiger partial charge in [-0.05, 0) is 32.3 Å². The Labute approximate surface area is 136 Å². The fourth-order valence-electron chi connectivity index (χ4n) is 1.60. The van der Waals surface area contributed by atoms with Gasteiger partial charge in [-0.15, -0.1) is 0 Å². The number of carbonyl (C=O) groups excluding carboxylic acids is 1. The van der Waals surface area contributed by atoms with Crippen molar-refractivity contribution in [2.45, 2.75) is 46.0 Å². The van der Waals surface area contributed by atoms with E-state index in [2.05, 4.69) is 6.58 Å². The normalized spacial score (nSPS) is 11.9. The van der Waals surface area contributed by atoms with Gasteiger partial charge >= 0.3 is 17.9 Å². The van der Waals surface area contributed by atoms with Gasteiger partial charge in [-0.2, -0.15) is 0 Å². The van der Waals surface area contributed by atoms with Crippen LogP contribution in [-0.4, -0.2) is 34.7 Å². The third-order valence-electron chi connectivity index (χ3n) is 3.03. The summed E-state index contributed by atoms with van der Waals surface area (Å²) in [4.78, 5) is 33.5. The minimum absolute atomic E-state index is 0.0453. The molecule has 0 rings (SSSR count). The van der Waals surface area contributed by atoms with E-state index in [1.54, 1.807) is 6.08 Å². The Bertz CT molecular complexity index is 513. The molecule has 0 unspecified atom stereocenters. The summed E-state index contributed by atoms with van der Waals surface area (Å²) in [6.07, 6.45) is 6.01. The van der Waals surface area contributed by atoms with Gasteiger partial charge in [-0.25, -0.2) is 14.4 Å². The van der Waals surface area contributed by atoms with Gasteiger partial charge in [0.15, 0.2) is 0 Å². The molecule has 0 saturated carbocycles. The number of hydrogen-bond acceptors (Lipinski definition) is 4. The average Bonchev–Trinajstić information content (AvgIpc) is 2.49. The molecular formula is C17H24O6. The lowest BCUT2D eigenvalue weighted by atomic mass is 10.1. The molecule has 0 amide bonds. The zero-order valence-corrected chi connectivity index (χ0v) is 13.6. The molecule has 0 bridgehead atoms. The standard InChI is InChI=1S/C17H24O6/c1-4-5-6-9-14(11-13(3)16(20)21)17(22)23-10-7-8-12(2)15(18)19/h9,11H,2,4-8,10H2,1,3H3,(H,18,19)(H,20,21). The van der Waals surface area contributed by atoms with Crippen LogP contribution in [0.25, 0.3) is 0 Å². The largest absolute Gasteiger partial charge is 0.478 e. The van der Waals surface area contributed by atoms with Crippen molar-refractivity contribution < 1.29 is 29.3 Å². The molecule has 128 valence electrons. The number of carbonyl (C=O) groups is 3. The zero-order valence-electron chi connectivity index (χ0n) is 13.6. The fraction of sp³-hybridized carbons (Fsp3) is 0.471. The molecule has 0 aromatic carbocycles. The van der Waals surface area contributed by atoms with Gasteiger partial charge < -0.3 is 14.9 Å². The van der Waals surface area contributed by atoms with Gasteiger partial charge in [0.1, 0.15) is 0 Å². The summed E-state index contributed by atoms with van der Waals surface area (Å²) in [6.45, 7) is 6.86. The maximum absolute atomic E-state index is 12.0. The number of ether oxygens (including phenoxy) is 1. The molecule has 23 heavy (non-hydrogen) atoms. The van der Waals surface area contributed by atoms with E-state index in [-0.39, 0.29) is 29.7 Å². The third kappa shape index (κ3) is 9.29. The summed E-state index contributed by atoms with van der Waals surface area (Å²) >= 11 is 0. The summed E-state index contributed by atoms with van der Waals surface area (Å²) in [7, 11) is 0. The zero-order chi connectivity index (χ0) is 17.8. The molecule has 0 atom stereocenters. The number of carboxylic acid groups (broad SMARTS) is 2. The molecule has 0 radical (unpaired) electrons. The highest BCUT2D eigenvalue weighted by molar-refractivity contribution is 5.95. The molecule has 0 aromatic heterocycles. The lowest BCUT2D eigenvalue weighted by molar-refractivity contribution is -0.138. The Balaban J connectivity index is 4.65. The Kier molecular flexibility index (Phi) is 10.1. The van der Waals surface area contributed by atoms with Crippen molar-refractivity contribution in [1.82, 2.24) is 0 Å². The van der Waals surface area contributed by atoms with Gasteiger partial charge in [-0.3, -0.25) is 0 Å². The van der Waals surface area contributed by atoms with E-state index in [1.807, 2.05) is 6.92 Å². The summed E-state index contributed by atoms with van der Waals surface area (Å²) < 4.78 is 5.07. The highest BCUT2D eigenvalue weighted by Crippen LogP contribution is 2.10. The first-order chi connectivity index (χ1) is 10.8. The van der Waals surface area contributed by atoms with E-state index >= 15 is 0 Å². The third-order valence-corrected chi connectivity index (χ3v) is 3.03. The Morgan fingerprint density at radius 3 is 2.30 bits per heavy atom. The minimum Gasteiger partial charge on any atom is -0.478 e. The van der Waals surface area contributed by atoms with E-state index in [0.717, 1.165) is 12.8 Å². The van der Waals surface area contributed by atoms with Gasteiger partial charge in [-0.1, -0.05) is 32.4 Å².